The predicted octanol–water partition coefficient (Wildman–Crippen LogP) is 4.00. The van der Waals surface area contributed by atoms with Crippen LogP contribution in [-0.4, -0.2) is 31.8 Å². The van der Waals surface area contributed by atoms with Crippen LogP contribution in [0, 0.1) is 17.6 Å². The van der Waals surface area contributed by atoms with Crippen molar-refractivity contribution in [2.75, 3.05) is 19.8 Å². The van der Waals surface area contributed by atoms with Gasteiger partial charge in [-0.3, -0.25) is 0 Å². The van der Waals surface area contributed by atoms with Gasteiger partial charge in [-0.1, -0.05) is 24.6 Å². The largest absolute Gasteiger partial charge is 0.451 e. The minimum absolute atomic E-state index is 0.0169. The first-order valence-corrected chi connectivity index (χ1v) is 9.96. The first kappa shape index (κ1) is 19.3. The molecule has 2 N–H and O–H groups in total. The molecule has 1 aliphatic heterocycles. The normalized spacial score (nSPS) is 25.0. The van der Waals surface area contributed by atoms with E-state index < -0.39 is 11.6 Å². The third kappa shape index (κ3) is 4.51. The first-order valence-electron chi connectivity index (χ1n) is 9.96. The maximum Gasteiger partial charge on any atom is 0.166 e. The van der Waals surface area contributed by atoms with Crippen molar-refractivity contribution >= 4 is 0 Å². The van der Waals surface area contributed by atoms with Gasteiger partial charge in [-0.25, -0.2) is 8.78 Å². The van der Waals surface area contributed by atoms with Crippen LogP contribution in [0.15, 0.2) is 42.5 Å². The minimum Gasteiger partial charge on any atom is -0.451 e. The standard InChI is InChI=1S/C22H26F2N2O2/c23-17-5-1-2-7-21(17)28-22-9-8-15(12-18(22)24)13-26-19-6-3-4-16(19)20-14-27-11-10-25-20/h1-2,5,7-9,12,16,19-20,25-26H,3-4,6,10-11,13-14H2. The molecule has 4 rings (SSSR count). The van der Waals surface area contributed by atoms with E-state index in [1.807, 2.05) is 6.07 Å². The van der Waals surface area contributed by atoms with Crippen molar-refractivity contribution < 1.29 is 18.3 Å². The van der Waals surface area contributed by atoms with Crippen LogP contribution < -0.4 is 15.4 Å². The fourth-order valence-electron chi connectivity index (χ4n) is 4.22. The van der Waals surface area contributed by atoms with E-state index in [9.17, 15) is 8.78 Å². The highest BCUT2D eigenvalue weighted by Gasteiger charge is 2.34. The van der Waals surface area contributed by atoms with Crippen molar-refractivity contribution in [1.29, 1.82) is 0 Å². The van der Waals surface area contributed by atoms with Gasteiger partial charge in [0.05, 0.1) is 13.2 Å². The highest BCUT2D eigenvalue weighted by molar-refractivity contribution is 5.35. The van der Waals surface area contributed by atoms with Gasteiger partial charge in [-0.05, 0) is 48.6 Å². The fraction of sp³-hybridized carbons (Fsp3) is 0.455. The Kier molecular flexibility index (Phi) is 6.20. The van der Waals surface area contributed by atoms with Crippen LogP contribution in [0.25, 0.3) is 0 Å². The Morgan fingerprint density at radius 2 is 1.93 bits per heavy atom. The summed E-state index contributed by atoms with van der Waals surface area (Å²) in [6.45, 7) is 3.04. The molecule has 150 valence electrons. The Bertz CT molecular complexity index is 796. The molecule has 0 bridgehead atoms. The maximum absolute atomic E-state index is 14.4. The van der Waals surface area contributed by atoms with E-state index in [1.165, 1.54) is 31.0 Å². The van der Waals surface area contributed by atoms with Gasteiger partial charge in [0.2, 0.25) is 0 Å². The van der Waals surface area contributed by atoms with Crippen molar-refractivity contribution in [1.82, 2.24) is 10.6 Å². The zero-order valence-corrected chi connectivity index (χ0v) is 15.8. The molecule has 1 aliphatic carbocycles. The molecule has 6 heteroatoms. The van der Waals surface area contributed by atoms with Gasteiger partial charge < -0.3 is 20.1 Å². The van der Waals surface area contributed by atoms with Crippen molar-refractivity contribution in [3.63, 3.8) is 0 Å². The summed E-state index contributed by atoms with van der Waals surface area (Å²) in [6, 6.07) is 11.6. The highest BCUT2D eigenvalue weighted by Crippen LogP contribution is 2.30. The summed E-state index contributed by atoms with van der Waals surface area (Å²) in [6.07, 6.45) is 3.51. The SMILES string of the molecule is Fc1ccccc1Oc1ccc(CNC2CCCC2C2COCCN2)cc1F. The molecule has 3 unspecified atom stereocenters. The number of hydrogen-bond acceptors (Lipinski definition) is 4. The number of nitrogens with one attached hydrogen (secondary N) is 2. The number of rotatable bonds is 6. The fourth-order valence-corrected chi connectivity index (χ4v) is 4.22. The molecule has 0 spiro atoms. The molecular weight excluding hydrogens is 362 g/mol. The molecule has 2 aliphatic rings. The molecule has 2 fully saturated rings. The van der Waals surface area contributed by atoms with Crippen LogP contribution in [0.5, 0.6) is 11.5 Å². The molecule has 28 heavy (non-hydrogen) atoms. The van der Waals surface area contributed by atoms with E-state index in [2.05, 4.69) is 10.6 Å². The summed E-state index contributed by atoms with van der Waals surface area (Å²) in [4.78, 5) is 0. The van der Waals surface area contributed by atoms with Crippen LogP contribution in [0.1, 0.15) is 24.8 Å². The van der Waals surface area contributed by atoms with Crippen LogP contribution in [0.3, 0.4) is 0 Å². The van der Waals surface area contributed by atoms with Gasteiger partial charge in [-0.15, -0.1) is 0 Å². The van der Waals surface area contributed by atoms with E-state index in [0.29, 0.717) is 24.5 Å². The topological polar surface area (TPSA) is 42.5 Å². The van der Waals surface area contributed by atoms with E-state index in [-0.39, 0.29) is 11.5 Å². The molecule has 4 nitrogen and oxygen atoms in total. The highest BCUT2D eigenvalue weighted by atomic mass is 19.1. The Hall–Kier alpha value is -2.02. The summed E-state index contributed by atoms with van der Waals surface area (Å²) in [5.74, 6) is -0.429. The molecule has 0 aromatic heterocycles. The average molecular weight is 388 g/mol. The molecule has 1 saturated carbocycles. The Labute approximate surface area is 164 Å². The zero-order valence-electron chi connectivity index (χ0n) is 15.8. The second-order valence-electron chi connectivity index (χ2n) is 7.51. The lowest BCUT2D eigenvalue weighted by atomic mass is 9.94. The summed E-state index contributed by atoms with van der Waals surface area (Å²) >= 11 is 0. The maximum atomic E-state index is 14.4. The van der Waals surface area contributed by atoms with Crippen LogP contribution in [-0.2, 0) is 11.3 Å². The Balaban J connectivity index is 1.36. The molecule has 1 heterocycles. The van der Waals surface area contributed by atoms with E-state index in [0.717, 1.165) is 31.7 Å². The van der Waals surface area contributed by atoms with Crippen molar-refractivity contribution in [2.45, 2.75) is 37.9 Å². The molecule has 0 radical (unpaired) electrons. The number of benzene rings is 2. The lowest BCUT2D eigenvalue weighted by Crippen LogP contribution is -2.50. The molecule has 0 amide bonds. The monoisotopic (exact) mass is 388 g/mol. The zero-order chi connectivity index (χ0) is 19.3. The van der Waals surface area contributed by atoms with Gasteiger partial charge >= 0.3 is 0 Å². The second kappa shape index (κ2) is 8.99. The molecule has 2 aromatic carbocycles. The van der Waals surface area contributed by atoms with Crippen molar-refractivity contribution in [3.8, 4) is 11.5 Å². The Morgan fingerprint density at radius 3 is 2.71 bits per heavy atom. The molecule has 1 saturated heterocycles. The number of halogens is 2. The van der Waals surface area contributed by atoms with Gasteiger partial charge in [0.1, 0.15) is 0 Å². The van der Waals surface area contributed by atoms with E-state index in [4.69, 9.17) is 9.47 Å². The summed E-state index contributed by atoms with van der Waals surface area (Å²) in [7, 11) is 0. The summed E-state index contributed by atoms with van der Waals surface area (Å²) in [5, 5.41) is 7.15. The van der Waals surface area contributed by atoms with Crippen molar-refractivity contribution in [3.05, 3.63) is 59.7 Å². The lowest BCUT2D eigenvalue weighted by Gasteiger charge is -2.33. The lowest BCUT2D eigenvalue weighted by molar-refractivity contribution is 0.0524. The van der Waals surface area contributed by atoms with Gasteiger partial charge in [0.15, 0.2) is 23.1 Å². The molecule has 2 aromatic rings. The third-order valence-corrected chi connectivity index (χ3v) is 5.66. The van der Waals surface area contributed by atoms with Crippen LogP contribution in [0.2, 0.25) is 0 Å². The molecular formula is C22H26F2N2O2. The Morgan fingerprint density at radius 1 is 1.07 bits per heavy atom. The summed E-state index contributed by atoms with van der Waals surface area (Å²) in [5.41, 5.74) is 0.844. The molecule has 3 atom stereocenters. The second-order valence-corrected chi connectivity index (χ2v) is 7.51. The van der Waals surface area contributed by atoms with Gasteiger partial charge in [0.25, 0.3) is 0 Å². The third-order valence-electron chi connectivity index (χ3n) is 5.66. The van der Waals surface area contributed by atoms with Crippen LogP contribution in [0.4, 0.5) is 8.78 Å². The number of morpholine rings is 1. The van der Waals surface area contributed by atoms with Crippen LogP contribution >= 0.6 is 0 Å². The summed E-state index contributed by atoms with van der Waals surface area (Å²) < 4.78 is 39.1. The van der Waals surface area contributed by atoms with Gasteiger partial charge in [-0.2, -0.15) is 0 Å². The first-order chi connectivity index (χ1) is 13.7. The number of hydrogen-bond donors (Lipinski definition) is 2. The minimum atomic E-state index is -0.514. The van der Waals surface area contributed by atoms with Crippen molar-refractivity contribution in [2.24, 2.45) is 5.92 Å². The quantitative estimate of drug-likeness (QED) is 0.785. The van der Waals surface area contributed by atoms with Gasteiger partial charge in [0, 0.05) is 25.2 Å². The smallest absolute Gasteiger partial charge is 0.166 e. The van der Waals surface area contributed by atoms with E-state index >= 15 is 0 Å². The van der Waals surface area contributed by atoms with E-state index in [1.54, 1.807) is 18.2 Å². The number of para-hydroxylation sites is 1. The average Bonchev–Trinajstić information content (AvgIpc) is 3.19. The predicted molar refractivity (Wildman–Crippen MR) is 103 cm³/mol. The number of ether oxygens (including phenoxy) is 2.